The molecule has 1 atom stereocenters. The lowest BCUT2D eigenvalue weighted by atomic mass is 10.1. The molecule has 1 saturated heterocycles. The highest BCUT2D eigenvalue weighted by Gasteiger charge is 2.28. The SMILES string of the molecule is O=C1c2cc(Br)ccc2CN1CCC1CCCO1. The fourth-order valence-electron chi connectivity index (χ4n) is 2.69. The highest BCUT2D eigenvalue weighted by atomic mass is 79.9. The van der Waals surface area contributed by atoms with Gasteiger partial charge in [0, 0.05) is 29.7 Å². The van der Waals surface area contributed by atoms with E-state index in [1.54, 1.807) is 0 Å². The lowest BCUT2D eigenvalue weighted by Crippen LogP contribution is -2.27. The summed E-state index contributed by atoms with van der Waals surface area (Å²) in [7, 11) is 0. The molecule has 0 aromatic heterocycles. The molecule has 2 aliphatic rings. The molecule has 3 rings (SSSR count). The smallest absolute Gasteiger partial charge is 0.254 e. The van der Waals surface area contributed by atoms with Crippen molar-refractivity contribution in [1.29, 1.82) is 0 Å². The Kier molecular flexibility index (Phi) is 3.39. The van der Waals surface area contributed by atoms with Gasteiger partial charge in [-0.05, 0) is 37.0 Å². The maximum Gasteiger partial charge on any atom is 0.254 e. The number of benzene rings is 1. The van der Waals surface area contributed by atoms with Gasteiger partial charge in [0.15, 0.2) is 0 Å². The zero-order valence-corrected chi connectivity index (χ0v) is 11.8. The molecule has 0 bridgehead atoms. The number of ether oxygens (including phenoxy) is 1. The zero-order valence-electron chi connectivity index (χ0n) is 10.2. The topological polar surface area (TPSA) is 29.5 Å². The third-order valence-corrected chi connectivity index (χ3v) is 4.19. The second-order valence-electron chi connectivity index (χ2n) is 4.95. The van der Waals surface area contributed by atoms with Crippen molar-refractivity contribution in [3.05, 3.63) is 33.8 Å². The van der Waals surface area contributed by atoms with Gasteiger partial charge in [-0.3, -0.25) is 4.79 Å². The third kappa shape index (κ3) is 2.31. The standard InChI is InChI=1S/C14H16BrNO2/c15-11-4-3-10-9-16(14(17)13(10)8-11)6-5-12-2-1-7-18-12/h3-4,8,12H,1-2,5-7,9H2. The molecule has 0 radical (unpaired) electrons. The number of amides is 1. The summed E-state index contributed by atoms with van der Waals surface area (Å²) < 4.78 is 6.57. The van der Waals surface area contributed by atoms with Crippen molar-refractivity contribution < 1.29 is 9.53 Å². The molecule has 1 unspecified atom stereocenters. The average molecular weight is 310 g/mol. The van der Waals surface area contributed by atoms with E-state index >= 15 is 0 Å². The molecule has 1 fully saturated rings. The fourth-order valence-corrected chi connectivity index (χ4v) is 3.05. The van der Waals surface area contributed by atoms with Crippen LogP contribution >= 0.6 is 15.9 Å². The van der Waals surface area contributed by atoms with Gasteiger partial charge >= 0.3 is 0 Å². The van der Waals surface area contributed by atoms with Crippen LogP contribution in [0.3, 0.4) is 0 Å². The molecule has 1 aromatic rings. The number of rotatable bonds is 3. The van der Waals surface area contributed by atoms with Crippen molar-refractivity contribution in [2.24, 2.45) is 0 Å². The Balaban J connectivity index is 1.64. The molecule has 0 spiro atoms. The van der Waals surface area contributed by atoms with Crippen LogP contribution in [0.1, 0.15) is 35.2 Å². The largest absolute Gasteiger partial charge is 0.378 e. The predicted octanol–water partition coefficient (Wildman–Crippen LogP) is 2.97. The summed E-state index contributed by atoms with van der Waals surface area (Å²) in [5.41, 5.74) is 1.98. The van der Waals surface area contributed by atoms with Gasteiger partial charge in [-0.2, -0.15) is 0 Å². The van der Waals surface area contributed by atoms with E-state index in [2.05, 4.69) is 15.9 Å². The quantitative estimate of drug-likeness (QED) is 0.859. The fraction of sp³-hybridized carbons (Fsp3) is 0.500. The molecule has 2 heterocycles. The number of halogens is 1. The van der Waals surface area contributed by atoms with Gasteiger partial charge in [0.05, 0.1) is 6.10 Å². The first-order valence-corrected chi connectivity index (χ1v) is 7.22. The Morgan fingerprint density at radius 2 is 2.33 bits per heavy atom. The van der Waals surface area contributed by atoms with E-state index in [1.165, 1.54) is 0 Å². The van der Waals surface area contributed by atoms with Crippen molar-refractivity contribution in [2.75, 3.05) is 13.2 Å². The number of carbonyl (C=O) groups is 1. The number of fused-ring (bicyclic) bond motifs is 1. The second kappa shape index (κ2) is 5.02. The summed E-state index contributed by atoms with van der Waals surface area (Å²) in [5.74, 6) is 0.157. The summed E-state index contributed by atoms with van der Waals surface area (Å²) in [6.07, 6.45) is 3.61. The summed E-state index contributed by atoms with van der Waals surface area (Å²) >= 11 is 3.41. The van der Waals surface area contributed by atoms with E-state index in [9.17, 15) is 4.79 Å². The van der Waals surface area contributed by atoms with Crippen LogP contribution < -0.4 is 0 Å². The van der Waals surface area contributed by atoms with Crippen LogP contribution in [0.2, 0.25) is 0 Å². The Bertz CT molecular complexity index is 469. The second-order valence-corrected chi connectivity index (χ2v) is 5.87. The molecule has 3 nitrogen and oxygen atoms in total. The first kappa shape index (κ1) is 12.2. The maximum absolute atomic E-state index is 12.2. The third-order valence-electron chi connectivity index (χ3n) is 3.70. The Labute approximate surface area is 115 Å². The van der Waals surface area contributed by atoms with Gasteiger partial charge in [-0.25, -0.2) is 0 Å². The Hall–Kier alpha value is -0.870. The minimum absolute atomic E-state index is 0.157. The maximum atomic E-state index is 12.2. The lowest BCUT2D eigenvalue weighted by molar-refractivity contribution is 0.0689. The minimum Gasteiger partial charge on any atom is -0.378 e. The van der Waals surface area contributed by atoms with Crippen LogP contribution in [0.25, 0.3) is 0 Å². The van der Waals surface area contributed by atoms with Crippen LogP contribution in [-0.2, 0) is 11.3 Å². The van der Waals surface area contributed by atoms with Crippen LogP contribution in [0.5, 0.6) is 0 Å². The molecule has 0 N–H and O–H groups in total. The van der Waals surface area contributed by atoms with E-state index in [4.69, 9.17) is 4.74 Å². The van der Waals surface area contributed by atoms with Gasteiger partial charge in [-0.1, -0.05) is 22.0 Å². The van der Waals surface area contributed by atoms with E-state index in [-0.39, 0.29) is 5.91 Å². The van der Waals surface area contributed by atoms with E-state index < -0.39 is 0 Å². The summed E-state index contributed by atoms with van der Waals surface area (Å²) in [6.45, 7) is 2.43. The van der Waals surface area contributed by atoms with Crippen LogP contribution in [0, 0.1) is 0 Å². The van der Waals surface area contributed by atoms with Gasteiger partial charge in [0.25, 0.3) is 5.91 Å². The number of hydrogen-bond donors (Lipinski definition) is 0. The van der Waals surface area contributed by atoms with Gasteiger partial charge in [0.1, 0.15) is 0 Å². The molecule has 0 aliphatic carbocycles. The monoisotopic (exact) mass is 309 g/mol. The van der Waals surface area contributed by atoms with Crippen LogP contribution in [0.15, 0.2) is 22.7 Å². The van der Waals surface area contributed by atoms with Crippen LogP contribution in [-0.4, -0.2) is 30.1 Å². The molecular formula is C14H16BrNO2. The average Bonchev–Trinajstić information content (AvgIpc) is 2.97. The number of hydrogen-bond acceptors (Lipinski definition) is 2. The Morgan fingerprint density at radius 1 is 1.44 bits per heavy atom. The highest BCUT2D eigenvalue weighted by Crippen LogP contribution is 2.26. The predicted molar refractivity (Wildman–Crippen MR) is 72.5 cm³/mol. The van der Waals surface area contributed by atoms with Gasteiger partial charge in [-0.15, -0.1) is 0 Å². The van der Waals surface area contributed by atoms with Crippen molar-refractivity contribution in [3.63, 3.8) is 0 Å². The molecular weight excluding hydrogens is 294 g/mol. The van der Waals surface area contributed by atoms with Gasteiger partial charge < -0.3 is 9.64 Å². The highest BCUT2D eigenvalue weighted by molar-refractivity contribution is 9.10. The zero-order chi connectivity index (χ0) is 12.5. The first-order chi connectivity index (χ1) is 8.74. The number of nitrogens with zero attached hydrogens (tertiary/aromatic N) is 1. The summed E-state index contributed by atoms with van der Waals surface area (Å²) in [4.78, 5) is 14.1. The molecule has 0 saturated carbocycles. The van der Waals surface area contributed by atoms with Crippen molar-refractivity contribution >= 4 is 21.8 Å². The minimum atomic E-state index is 0.157. The molecule has 1 aromatic carbocycles. The normalized spacial score (nSPS) is 22.6. The molecule has 1 amide bonds. The molecule has 96 valence electrons. The van der Waals surface area contributed by atoms with E-state index in [0.29, 0.717) is 6.10 Å². The lowest BCUT2D eigenvalue weighted by Gasteiger charge is -2.17. The Morgan fingerprint density at radius 3 is 3.11 bits per heavy atom. The van der Waals surface area contributed by atoms with E-state index in [0.717, 1.165) is 54.6 Å². The van der Waals surface area contributed by atoms with Crippen molar-refractivity contribution in [2.45, 2.75) is 31.9 Å². The van der Waals surface area contributed by atoms with Crippen molar-refractivity contribution in [3.8, 4) is 0 Å². The van der Waals surface area contributed by atoms with E-state index in [1.807, 2.05) is 23.1 Å². The van der Waals surface area contributed by atoms with Crippen molar-refractivity contribution in [1.82, 2.24) is 4.90 Å². The number of carbonyl (C=O) groups excluding carboxylic acids is 1. The summed E-state index contributed by atoms with van der Waals surface area (Å²) in [5, 5.41) is 0. The van der Waals surface area contributed by atoms with Crippen LogP contribution in [0.4, 0.5) is 0 Å². The van der Waals surface area contributed by atoms with Gasteiger partial charge in [0.2, 0.25) is 0 Å². The first-order valence-electron chi connectivity index (χ1n) is 6.43. The molecule has 2 aliphatic heterocycles. The molecule has 18 heavy (non-hydrogen) atoms. The molecule has 4 heteroatoms. The summed E-state index contributed by atoms with van der Waals surface area (Å²) in [6, 6.07) is 5.95.